The van der Waals surface area contributed by atoms with Crippen molar-refractivity contribution in [1.29, 1.82) is 0 Å². The number of anilines is 2. The minimum atomic E-state index is -4.71. The number of methoxy groups -OCH3 is 1. The SMILES string of the molecule is COc1ccc2c(Nc3ccc(OC(F)(F)F)cc3)nccc2c1Br. The maximum atomic E-state index is 12.2. The molecule has 1 N–H and O–H groups in total. The molecule has 2 aromatic carbocycles. The topological polar surface area (TPSA) is 43.4 Å². The summed E-state index contributed by atoms with van der Waals surface area (Å²) in [5.41, 5.74) is 0.585. The average Bonchev–Trinajstić information content (AvgIpc) is 2.56. The number of nitrogens with zero attached hydrogens (tertiary/aromatic N) is 1. The van der Waals surface area contributed by atoms with Gasteiger partial charge in [-0.25, -0.2) is 4.98 Å². The summed E-state index contributed by atoms with van der Waals surface area (Å²) in [6.45, 7) is 0. The lowest BCUT2D eigenvalue weighted by Gasteiger charge is -2.12. The van der Waals surface area contributed by atoms with E-state index in [2.05, 4.69) is 31.0 Å². The number of halogens is 4. The molecule has 0 saturated carbocycles. The molecule has 8 heteroatoms. The Morgan fingerprint density at radius 3 is 2.36 bits per heavy atom. The number of pyridine rings is 1. The molecule has 0 spiro atoms. The summed E-state index contributed by atoms with van der Waals surface area (Å²) in [5, 5.41) is 4.83. The number of aromatic nitrogens is 1. The molecule has 0 aliphatic heterocycles. The largest absolute Gasteiger partial charge is 0.573 e. The van der Waals surface area contributed by atoms with Gasteiger partial charge in [-0.3, -0.25) is 0 Å². The Kier molecular flexibility index (Phi) is 4.71. The zero-order valence-corrected chi connectivity index (χ0v) is 14.5. The molecule has 3 aromatic rings. The van der Waals surface area contributed by atoms with Gasteiger partial charge < -0.3 is 14.8 Å². The lowest BCUT2D eigenvalue weighted by atomic mass is 10.1. The molecule has 0 aliphatic carbocycles. The van der Waals surface area contributed by atoms with E-state index in [1.165, 1.54) is 24.3 Å². The fourth-order valence-corrected chi connectivity index (χ4v) is 2.97. The molecular weight excluding hydrogens is 401 g/mol. The van der Waals surface area contributed by atoms with E-state index in [9.17, 15) is 13.2 Å². The number of nitrogens with one attached hydrogen (secondary N) is 1. The van der Waals surface area contributed by atoms with E-state index in [4.69, 9.17) is 4.74 Å². The molecule has 0 saturated heterocycles. The smallest absolute Gasteiger partial charge is 0.496 e. The molecule has 4 nitrogen and oxygen atoms in total. The second kappa shape index (κ2) is 6.79. The van der Waals surface area contributed by atoms with E-state index in [1.807, 2.05) is 12.1 Å². The van der Waals surface area contributed by atoms with Crippen LogP contribution in [0.25, 0.3) is 10.8 Å². The minimum Gasteiger partial charge on any atom is -0.496 e. The van der Waals surface area contributed by atoms with Crippen molar-refractivity contribution in [3.63, 3.8) is 0 Å². The van der Waals surface area contributed by atoms with Gasteiger partial charge in [-0.15, -0.1) is 13.2 Å². The summed E-state index contributed by atoms with van der Waals surface area (Å²) in [6.07, 6.45) is -3.08. The standard InChI is InChI=1S/C17H12BrF3N2O2/c1-24-14-7-6-13-12(15(14)18)8-9-22-16(13)23-10-2-4-11(5-3-10)25-17(19,20)21/h2-9H,1H3,(H,22,23). The maximum Gasteiger partial charge on any atom is 0.573 e. The van der Waals surface area contributed by atoms with Gasteiger partial charge in [0.2, 0.25) is 0 Å². The van der Waals surface area contributed by atoms with Crippen LogP contribution < -0.4 is 14.8 Å². The Hall–Kier alpha value is -2.48. The molecule has 1 aromatic heterocycles. The van der Waals surface area contributed by atoms with Crippen LogP contribution >= 0.6 is 15.9 Å². The number of fused-ring (bicyclic) bond motifs is 1. The van der Waals surface area contributed by atoms with E-state index < -0.39 is 6.36 Å². The van der Waals surface area contributed by atoms with Crippen LogP contribution in [0.3, 0.4) is 0 Å². The van der Waals surface area contributed by atoms with E-state index in [0.29, 0.717) is 17.3 Å². The van der Waals surface area contributed by atoms with Gasteiger partial charge in [-0.05, 0) is 58.4 Å². The van der Waals surface area contributed by atoms with Crippen molar-refractivity contribution >= 4 is 38.2 Å². The molecule has 130 valence electrons. The molecule has 0 fully saturated rings. The van der Waals surface area contributed by atoms with E-state index >= 15 is 0 Å². The third kappa shape index (κ3) is 3.96. The number of rotatable bonds is 4. The molecule has 1 heterocycles. The van der Waals surface area contributed by atoms with Gasteiger partial charge >= 0.3 is 6.36 Å². The Labute approximate surface area is 149 Å². The van der Waals surface area contributed by atoms with E-state index in [-0.39, 0.29) is 5.75 Å². The number of alkyl halides is 3. The summed E-state index contributed by atoms with van der Waals surface area (Å²) in [4.78, 5) is 4.30. The minimum absolute atomic E-state index is 0.281. The van der Waals surface area contributed by atoms with Crippen LogP contribution in [0.2, 0.25) is 0 Å². The van der Waals surface area contributed by atoms with Crippen LogP contribution in [0.1, 0.15) is 0 Å². The van der Waals surface area contributed by atoms with Crippen LogP contribution in [-0.2, 0) is 0 Å². The zero-order chi connectivity index (χ0) is 18.0. The first-order valence-electron chi connectivity index (χ1n) is 7.11. The Balaban J connectivity index is 1.89. The van der Waals surface area contributed by atoms with Crippen LogP contribution in [0.4, 0.5) is 24.7 Å². The van der Waals surface area contributed by atoms with Crippen LogP contribution in [-0.4, -0.2) is 18.5 Å². The van der Waals surface area contributed by atoms with Gasteiger partial charge in [0.05, 0.1) is 11.6 Å². The van der Waals surface area contributed by atoms with Crippen molar-refractivity contribution in [3.8, 4) is 11.5 Å². The molecule has 0 aliphatic rings. The molecule has 3 rings (SSSR count). The summed E-state index contributed by atoms with van der Waals surface area (Å²) in [7, 11) is 1.58. The fraction of sp³-hybridized carbons (Fsp3) is 0.118. The molecule has 0 radical (unpaired) electrons. The normalized spacial score (nSPS) is 11.4. The second-order valence-corrected chi connectivity index (χ2v) is 5.83. The van der Waals surface area contributed by atoms with Crippen molar-refractivity contribution in [1.82, 2.24) is 4.98 Å². The summed E-state index contributed by atoms with van der Waals surface area (Å²) >= 11 is 3.50. The molecule has 0 unspecified atom stereocenters. The highest BCUT2D eigenvalue weighted by molar-refractivity contribution is 9.10. The lowest BCUT2D eigenvalue weighted by molar-refractivity contribution is -0.274. The number of ether oxygens (including phenoxy) is 2. The van der Waals surface area contributed by atoms with Crippen molar-refractivity contribution in [3.05, 3.63) is 53.1 Å². The first-order valence-corrected chi connectivity index (χ1v) is 7.91. The summed E-state index contributed by atoms with van der Waals surface area (Å²) in [6, 6.07) is 10.9. The van der Waals surface area contributed by atoms with Gasteiger partial charge in [0.1, 0.15) is 17.3 Å². The van der Waals surface area contributed by atoms with E-state index in [1.54, 1.807) is 19.4 Å². The highest BCUT2D eigenvalue weighted by Crippen LogP contribution is 2.36. The zero-order valence-electron chi connectivity index (χ0n) is 12.9. The van der Waals surface area contributed by atoms with Gasteiger partial charge in [-0.2, -0.15) is 0 Å². The van der Waals surface area contributed by atoms with Gasteiger partial charge in [0, 0.05) is 22.7 Å². The third-order valence-electron chi connectivity index (χ3n) is 3.41. The number of hydrogen-bond donors (Lipinski definition) is 1. The Bertz CT molecular complexity index is 899. The van der Waals surface area contributed by atoms with Crippen LogP contribution in [0.5, 0.6) is 11.5 Å². The average molecular weight is 413 g/mol. The number of benzene rings is 2. The van der Waals surface area contributed by atoms with Crippen molar-refractivity contribution in [2.24, 2.45) is 0 Å². The monoisotopic (exact) mass is 412 g/mol. The molecule has 0 atom stereocenters. The molecule has 0 amide bonds. The van der Waals surface area contributed by atoms with Crippen molar-refractivity contribution < 1.29 is 22.6 Å². The van der Waals surface area contributed by atoms with Crippen LogP contribution in [0, 0.1) is 0 Å². The third-order valence-corrected chi connectivity index (χ3v) is 4.23. The highest BCUT2D eigenvalue weighted by Gasteiger charge is 2.30. The van der Waals surface area contributed by atoms with Gasteiger partial charge in [0.15, 0.2) is 0 Å². The van der Waals surface area contributed by atoms with E-state index in [0.717, 1.165) is 15.2 Å². The number of hydrogen-bond acceptors (Lipinski definition) is 4. The maximum absolute atomic E-state index is 12.2. The Morgan fingerprint density at radius 1 is 1.00 bits per heavy atom. The van der Waals surface area contributed by atoms with Crippen LogP contribution in [0.15, 0.2) is 53.1 Å². The molecular formula is C17H12BrF3N2O2. The van der Waals surface area contributed by atoms with Crippen molar-refractivity contribution in [2.45, 2.75) is 6.36 Å². The lowest BCUT2D eigenvalue weighted by Crippen LogP contribution is -2.16. The molecule has 25 heavy (non-hydrogen) atoms. The fourth-order valence-electron chi connectivity index (χ4n) is 2.33. The Morgan fingerprint density at radius 2 is 1.72 bits per heavy atom. The quantitative estimate of drug-likeness (QED) is 0.601. The molecule has 0 bridgehead atoms. The van der Waals surface area contributed by atoms with Gasteiger partial charge in [-0.1, -0.05) is 0 Å². The summed E-state index contributed by atoms with van der Waals surface area (Å²) < 4.78 is 46.5. The highest BCUT2D eigenvalue weighted by atomic mass is 79.9. The predicted octanol–water partition coefficient (Wildman–Crippen LogP) is 5.65. The van der Waals surface area contributed by atoms with Crippen molar-refractivity contribution in [2.75, 3.05) is 12.4 Å². The second-order valence-electron chi connectivity index (χ2n) is 5.03. The summed E-state index contributed by atoms with van der Waals surface area (Å²) in [5.74, 6) is 0.986. The van der Waals surface area contributed by atoms with Gasteiger partial charge in [0.25, 0.3) is 0 Å². The first-order chi connectivity index (χ1) is 11.9. The first kappa shape index (κ1) is 17.3. The predicted molar refractivity (Wildman–Crippen MR) is 92.4 cm³/mol.